The summed E-state index contributed by atoms with van der Waals surface area (Å²) in [5, 5.41) is 3.07. The largest absolute Gasteiger partial charge is 0.379 e. The predicted octanol–water partition coefficient (Wildman–Crippen LogP) is 2.50. The minimum absolute atomic E-state index is 0.0173. The summed E-state index contributed by atoms with van der Waals surface area (Å²) in [7, 11) is 0. The number of benzene rings is 1. The maximum atomic E-state index is 12.3. The van der Waals surface area contributed by atoms with Gasteiger partial charge in [0.25, 0.3) is 0 Å². The molecule has 1 aromatic carbocycles. The van der Waals surface area contributed by atoms with Crippen molar-refractivity contribution in [2.75, 3.05) is 13.2 Å². The van der Waals surface area contributed by atoms with Gasteiger partial charge in [-0.1, -0.05) is 36.4 Å². The van der Waals surface area contributed by atoms with Crippen molar-refractivity contribution in [1.82, 2.24) is 10.3 Å². The molecule has 0 spiro atoms. The highest BCUT2D eigenvalue weighted by Gasteiger charge is 2.27. The number of nitrogens with one attached hydrogen (secondary N) is 1. The molecule has 2 heterocycles. The molecule has 25 heavy (non-hydrogen) atoms. The Morgan fingerprint density at radius 3 is 2.84 bits per heavy atom. The molecule has 5 nitrogen and oxygen atoms in total. The first-order valence-corrected chi connectivity index (χ1v) is 8.73. The third-order valence-corrected chi connectivity index (χ3v) is 4.31. The van der Waals surface area contributed by atoms with Gasteiger partial charge in [-0.25, -0.2) is 0 Å². The van der Waals surface area contributed by atoms with Crippen LogP contribution < -0.4 is 5.32 Å². The third-order valence-electron chi connectivity index (χ3n) is 4.31. The number of ether oxygens (including phenoxy) is 2. The number of carbonyl (C=O) groups excluding carboxylic acids is 1. The molecule has 1 aliphatic rings. The molecule has 0 aliphatic carbocycles. The maximum Gasteiger partial charge on any atom is 0.220 e. The molecule has 0 radical (unpaired) electrons. The first-order valence-electron chi connectivity index (χ1n) is 8.73. The number of aryl methyl sites for hydroxylation is 1. The zero-order valence-electron chi connectivity index (χ0n) is 14.3. The van der Waals surface area contributed by atoms with Crippen LogP contribution in [-0.2, 0) is 27.3 Å². The average molecular weight is 340 g/mol. The van der Waals surface area contributed by atoms with E-state index in [1.807, 2.05) is 42.5 Å². The smallest absolute Gasteiger partial charge is 0.220 e. The minimum atomic E-state index is -0.0983. The van der Waals surface area contributed by atoms with Crippen molar-refractivity contribution >= 4 is 5.91 Å². The topological polar surface area (TPSA) is 60.5 Å². The molecular weight excluding hydrogens is 316 g/mol. The molecule has 1 amide bonds. The van der Waals surface area contributed by atoms with E-state index in [0.717, 1.165) is 17.5 Å². The van der Waals surface area contributed by atoms with E-state index in [2.05, 4.69) is 10.3 Å². The summed E-state index contributed by atoms with van der Waals surface area (Å²) in [4.78, 5) is 16.3. The Bertz CT molecular complexity index is 649. The van der Waals surface area contributed by atoms with Crippen LogP contribution in [0, 0.1) is 0 Å². The molecule has 2 atom stereocenters. The van der Waals surface area contributed by atoms with Crippen molar-refractivity contribution in [2.24, 2.45) is 0 Å². The summed E-state index contributed by atoms with van der Waals surface area (Å²) >= 11 is 0. The first-order chi connectivity index (χ1) is 12.3. The second kappa shape index (κ2) is 9.30. The van der Waals surface area contributed by atoms with E-state index in [0.29, 0.717) is 32.7 Å². The number of aromatic nitrogens is 1. The van der Waals surface area contributed by atoms with Gasteiger partial charge in [-0.15, -0.1) is 0 Å². The lowest BCUT2D eigenvalue weighted by Crippen LogP contribution is -2.50. The Kier molecular flexibility index (Phi) is 6.54. The quantitative estimate of drug-likeness (QED) is 0.841. The van der Waals surface area contributed by atoms with Crippen LogP contribution >= 0.6 is 0 Å². The summed E-state index contributed by atoms with van der Waals surface area (Å²) in [5.41, 5.74) is 2.20. The zero-order chi connectivity index (χ0) is 17.3. The van der Waals surface area contributed by atoms with Gasteiger partial charge in [-0.05, 0) is 30.0 Å². The van der Waals surface area contributed by atoms with Crippen molar-refractivity contribution in [1.29, 1.82) is 0 Å². The zero-order valence-corrected chi connectivity index (χ0v) is 14.3. The van der Waals surface area contributed by atoms with Crippen molar-refractivity contribution in [3.8, 4) is 0 Å². The van der Waals surface area contributed by atoms with Crippen LogP contribution in [0.1, 0.15) is 24.0 Å². The second-order valence-electron chi connectivity index (χ2n) is 6.23. The van der Waals surface area contributed by atoms with E-state index in [1.165, 1.54) is 0 Å². The number of hydrogen-bond acceptors (Lipinski definition) is 4. The molecule has 0 bridgehead atoms. The van der Waals surface area contributed by atoms with E-state index in [4.69, 9.17) is 9.47 Å². The normalized spacial score (nSPS) is 20.2. The summed E-state index contributed by atoms with van der Waals surface area (Å²) in [6.07, 6.45) is 5.42. The van der Waals surface area contributed by atoms with Crippen LogP contribution in [-0.4, -0.2) is 36.3 Å². The molecule has 1 fully saturated rings. The number of amides is 1. The van der Waals surface area contributed by atoms with Crippen LogP contribution in [0.25, 0.3) is 0 Å². The monoisotopic (exact) mass is 340 g/mol. The molecule has 2 aromatic rings. The molecule has 0 unspecified atom stereocenters. The van der Waals surface area contributed by atoms with Gasteiger partial charge in [0.05, 0.1) is 25.4 Å². The van der Waals surface area contributed by atoms with Crippen molar-refractivity contribution in [3.05, 3.63) is 66.0 Å². The summed E-state index contributed by atoms with van der Waals surface area (Å²) < 4.78 is 11.6. The fraction of sp³-hybridized carbons (Fsp3) is 0.400. The Morgan fingerprint density at radius 1 is 1.20 bits per heavy atom. The fourth-order valence-corrected chi connectivity index (χ4v) is 2.91. The molecule has 3 rings (SSSR count). The average Bonchev–Trinajstić information content (AvgIpc) is 2.67. The minimum Gasteiger partial charge on any atom is -0.379 e. The van der Waals surface area contributed by atoms with Gasteiger partial charge < -0.3 is 14.8 Å². The van der Waals surface area contributed by atoms with Gasteiger partial charge in [0.2, 0.25) is 5.91 Å². The van der Waals surface area contributed by atoms with E-state index in [9.17, 15) is 4.79 Å². The molecule has 132 valence electrons. The second-order valence-corrected chi connectivity index (χ2v) is 6.23. The Morgan fingerprint density at radius 2 is 2.04 bits per heavy atom. The molecule has 1 aromatic heterocycles. The Labute approximate surface area is 148 Å². The molecule has 1 N–H and O–H groups in total. The first kappa shape index (κ1) is 17.6. The van der Waals surface area contributed by atoms with E-state index >= 15 is 0 Å². The molecular formula is C20H24N2O3. The van der Waals surface area contributed by atoms with Gasteiger partial charge in [0.1, 0.15) is 0 Å². The lowest BCUT2D eigenvalue weighted by molar-refractivity contribution is -0.126. The fourth-order valence-electron chi connectivity index (χ4n) is 2.91. The van der Waals surface area contributed by atoms with Crippen molar-refractivity contribution in [3.63, 3.8) is 0 Å². The molecule has 1 aliphatic heterocycles. The highest BCUT2D eigenvalue weighted by atomic mass is 16.5. The number of rotatable bonds is 7. The van der Waals surface area contributed by atoms with E-state index in [1.54, 1.807) is 12.4 Å². The van der Waals surface area contributed by atoms with Gasteiger partial charge in [0.15, 0.2) is 0 Å². The Hall–Kier alpha value is -2.24. The molecule has 0 saturated carbocycles. The maximum absolute atomic E-state index is 12.3. The lowest BCUT2D eigenvalue weighted by Gasteiger charge is -2.32. The van der Waals surface area contributed by atoms with Crippen molar-refractivity contribution in [2.45, 2.75) is 38.0 Å². The Balaban J connectivity index is 1.47. The van der Waals surface area contributed by atoms with Crippen molar-refractivity contribution < 1.29 is 14.3 Å². The summed E-state index contributed by atoms with van der Waals surface area (Å²) in [5.74, 6) is 0.0210. The lowest BCUT2D eigenvalue weighted by atomic mass is 10.1. The van der Waals surface area contributed by atoms with E-state index < -0.39 is 0 Å². The third kappa shape index (κ3) is 5.66. The number of pyridine rings is 1. The highest BCUT2D eigenvalue weighted by Crippen LogP contribution is 2.15. The van der Waals surface area contributed by atoms with Crippen LogP contribution in [0.4, 0.5) is 0 Å². The van der Waals surface area contributed by atoms with Gasteiger partial charge in [0, 0.05) is 25.4 Å². The highest BCUT2D eigenvalue weighted by molar-refractivity contribution is 5.76. The summed E-state index contributed by atoms with van der Waals surface area (Å²) in [6, 6.07) is 13.8. The van der Waals surface area contributed by atoms with Crippen LogP contribution in [0.2, 0.25) is 0 Å². The SMILES string of the molecule is O=C(CCc1cccnc1)N[C@@H]1COCC[C@@H]1OCc1ccccc1. The van der Waals surface area contributed by atoms with E-state index in [-0.39, 0.29) is 18.1 Å². The number of nitrogens with zero attached hydrogens (tertiary/aromatic N) is 1. The standard InChI is InChI=1S/C20H24N2O3/c23-20(9-8-16-7-4-11-21-13-16)22-18-15-24-12-10-19(18)25-14-17-5-2-1-3-6-17/h1-7,11,13,18-19H,8-10,12,14-15H2,(H,22,23)/t18-,19+/m1/s1. The van der Waals surface area contributed by atoms with Crippen LogP contribution in [0.5, 0.6) is 0 Å². The number of hydrogen-bond donors (Lipinski definition) is 1. The van der Waals surface area contributed by atoms with Crippen LogP contribution in [0.3, 0.4) is 0 Å². The summed E-state index contributed by atoms with van der Waals surface area (Å²) in [6.45, 7) is 1.72. The molecule has 5 heteroatoms. The number of carbonyl (C=O) groups is 1. The van der Waals surface area contributed by atoms with Crippen LogP contribution in [0.15, 0.2) is 54.9 Å². The molecule has 1 saturated heterocycles. The predicted molar refractivity (Wildman–Crippen MR) is 94.9 cm³/mol. The van der Waals surface area contributed by atoms with Gasteiger partial charge in [-0.3, -0.25) is 9.78 Å². The van der Waals surface area contributed by atoms with Gasteiger partial charge in [-0.2, -0.15) is 0 Å². The van der Waals surface area contributed by atoms with Gasteiger partial charge >= 0.3 is 0 Å².